The minimum atomic E-state index is 0.210. The number of aromatic nitrogens is 1. The minimum absolute atomic E-state index is 0.210. The fourth-order valence-electron chi connectivity index (χ4n) is 3.09. The summed E-state index contributed by atoms with van der Waals surface area (Å²) in [5.41, 5.74) is 4.37. The van der Waals surface area contributed by atoms with Gasteiger partial charge in [-0.1, -0.05) is 18.2 Å². The number of fused-ring (bicyclic) bond motifs is 1. The number of nitrogens with zero attached hydrogens (tertiary/aromatic N) is 3. The summed E-state index contributed by atoms with van der Waals surface area (Å²) in [7, 11) is 4.04. The zero-order valence-electron chi connectivity index (χ0n) is 13.3. The predicted octanol–water partition coefficient (Wildman–Crippen LogP) is 2.64. The van der Waals surface area contributed by atoms with Gasteiger partial charge in [0.1, 0.15) is 23.6 Å². The summed E-state index contributed by atoms with van der Waals surface area (Å²) >= 11 is 0. The molecule has 1 aromatic carbocycles. The first kappa shape index (κ1) is 14.7. The Balaban J connectivity index is 1.63. The van der Waals surface area contributed by atoms with Gasteiger partial charge in [0, 0.05) is 32.3 Å². The number of ether oxygens (including phenoxy) is 1. The maximum absolute atomic E-state index is 9.12. The van der Waals surface area contributed by atoms with E-state index in [4.69, 9.17) is 10.00 Å². The van der Waals surface area contributed by atoms with Crippen molar-refractivity contribution in [1.82, 2.24) is 9.47 Å². The molecular formula is C18H21N3O. The first-order valence-corrected chi connectivity index (χ1v) is 7.57. The molecule has 22 heavy (non-hydrogen) atoms. The van der Waals surface area contributed by atoms with Crippen LogP contribution in [0.25, 0.3) is 0 Å². The first-order valence-electron chi connectivity index (χ1n) is 7.57. The monoisotopic (exact) mass is 295 g/mol. The van der Waals surface area contributed by atoms with Crippen molar-refractivity contribution in [2.45, 2.75) is 26.0 Å². The van der Waals surface area contributed by atoms with Crippen LogP contribution in [-0.4, -0.2) is 29.2 Å². The van der Waals surface area contributed by atoms with E-state index in [2.05, 4.69) is 37.1 Å². The quantitative estimate of drug-likeness (QED) is 0.870. The van der Waals surface area contributed by atoms with E-state index in [1.54, 1.807) is 0 Å². The lowest BCUT2D eigenvalue weighted by Gasteiger charge is -2.20. The summed E-state index contributed by atoms with van der Waals surface area (Å²) < 4.78 is 7.95. The number of benzene rings is 1. The third-order valence-corrected chi connectivity index (χ3v) is 4.42. The Bertz CT molecular complexity index is 701. The SMILES string of the molecule is Cc1c(CN(C)CC2Cc3ccccc3O2)cc(C#N)n1C. The molecule has 0 spiro atoms. The lowest BCUT2D eigenvalue weighted by Crippen LogP contribution is -2.31. The molecule has 0 saturated carbocycles. The van der Waals surface area contributed by atoms with Crippen LogP contribution in [0.4, 0.5) is 0 Å². The molecule has 1 unspecified atom stereocenters. The fraction of sp³-hybridized carbons (Fsp3) is 0.389. The van der Waals surface area contributed by atoms with Gasteiger partial charge in [-0.15, -0.1) is 0 Å². The molecule has 1 aliphatic heterocycles. The third kappa shape index (κ3) is 2.72. The second-order valence-electron chi connectivity index (χ2n) is 6.06. The lowest BCUT2D eigenvalue weighted by atomic mass is 10.1. The van der Waals surface area contributed by atoms with Crippen LogP contribution in [0.15, 0.2) is 30.3 Å². The summed E-state index contributed by atoms with van der Waals surface area (Å²) in [6.45, 7) is 3.77. The van der Waals surface area contributed by atoms with Crippen LogP contribution in [0, 0.1) is 18.3 Å². The Hall–Kier alpha value is -2.25. The molecule has 0 bridgehead atoms. The number of para-hydroxylation sites is 1. The van der Waals surface area contributed by atoms with Crippen LogP contribution in [0.3, 0.4) is 0 Å². The second kappa shape index (κ2) is 5.86. The maximum atomic E-state index is 9.12. The largest absolute Gasteiger partial charge is 0.488 e. The molecule has 1 aliphatic rings. The van der Waals surface area contributed by atoms with E-state index < -0.39 is 0 Å². The highest BCUT2D eigenvalue weighted by Crippen LogP contribution is 2.28. The maximum Gasteiger partial charge on any atom is 0.123 e. The van der Waals surface area contributed by atoms with Gasteiger partial charge in [0.25, 0.3) is 0 Å². The number of hydrogen-bond donors (Lipinski definition) is 0. The van der Waals surface area contributed by atoms with Crippen LogP contribution in [0.1, 0.15) is 22.5 Å². The number of likely N-dealkylation sites (N-methyl/N-ethyl adjacent to an activating group) is 1. The molecule has 114 valence electrons. The van der Waals surface area contributed by atoms with E-state index in [0.717, 1.165) is 31.0 Å². The van der Waals surface area contributed by atoms with Crippen molar-refractivity contribution in [1.29, 1.82) is 5.26 Å². The molecule has 4 heteroatoms. The van der Waals surface area contributed by atoms with Crippen LogP contribution < -0.4 is 4.74 Å². The average molecular weight is 295 g/mol. The van der Waals surface area contributed by atoms with Gasteiger partial charge in [-0.3, -0.25) is 4.90 Å². The number of hydrogen-bond acceptors (Lipinski definition) is 3. The summed E-state index contributed by atoms with van der Waals surface area (Å²) in [6.07, 6.45) is 1.18. The Labute approximate surface area is 131 Å². The average Bonchev–Trinajstić information content (AvgIpc) is 3.02. The molecule has 4 nitrogen and oxygen atoms in total. The van der Waals surface area contributed by atoms with E-state index in [1.165, 1.54) is 11.1 Å². The van der Waals surface area contributed by atoms with Gasteiger partial charge in [-0.25, -0.2) is 0 Å². The van der Waals surface area contributed by atoms with E-state index in [1.807, 2.05) is 29.8 Å². The van der Waals surface area contributed by atoms with E-state index >= 15 is 0 Å². The number of nitriles is 1. The molecule has 0 radical (unpaired) electrons. The van der Waals surface area contributed by atoms with Crippen molar-refractivity contribution in [3.8, 4) is 11.8 Å². The van der Waals surface area contributed by atoms with Crippen LogP contribution in [-0.2, 0) is 20.0 Å². The molecular weight excluding hydrogens is 274 g/mol. The van der Waals surface area contributed by atoms with Gasteiger partial charge in [-0.05, 0) is 37.2 Å². The Morgan fingerprint density at radius 2 is 2.18 bits per heavy atom. The summed E-state index contributed by atoms with van der Waals surface area (Å²) in [6, 6.07) is 12.5. The highest BCUT2D eigenvalue weighted by atomic mass is 16.5. The minimum Gasteiger partial charge on any atom is -0.488 e. The van der Waals surface area contributed by atoms with Gasteiger partial charge in [0.05, 0.1) is 0 Å². The van der Waals surface area contributed by atoms with Crippen molar-refractivity contribution >= 4 is 0 Å². The van der Waals surface area contributed by atoms with Gasteiger partial charge in [0.15, 0.2) is 0 Å². The predicted molar refractivity (Wildman–Crippen MR) is 85.8 cm³/mol. The van der Waals surface area contributed by atoms with Crippen molar-refractivity contribution in [2.75, 3.05) is 13.6 Å². The highest BCUT2D eigenvalue weighted by molar-refractivity contribution is 5.37. The normalized spacial score (nSPS) is 16.4. The Kier molecular flexibility index (Phi) is 3.91. The summed E-state index contributed by atoms with van der Waals surface area (Å²) in [5, 5.41) is 9.12. The molecule has 2 heterocycles. The van der Waals surface area contributed by atoms with Crippen molar-refractivity contribution in [3.05, 3.63) is 52.8 Å². The lowest BCUT2D eigenvalue weighted by molar-refractivity contribution is 0.165. The Morgan fingerprint density at radius 1 is 1.41 bits per heavy atom. The standard InChI is InChI=1S/C18H21N3O/c1-13-15(8-16(10-19)21(13)3)11-20(2)12-17-9-14-6-4-5-7-18(14)22-17/h4-8,17H,9,11-12H2,1-3H3. The van der Waals surface area contributed by atoms with E-state index in [9.17, 15) is 0 Å². The third-order valence-electron chi connectivity index (χ3n) is 4.42. The highest BCUT2D eigenvalue weighted by Gasteiger charge is 2.23. The van der Waals surface area contributed by atoms with Crippen molar-refractivity contribution in [2.24, 2.45) is 7.05 Å². The molecule has 1 aromatic heterocycles. The van der Waals surface area contributed by atoms with Crippen molar-refractivity contribution < 1.29 is 4.74 Å². The number of rotatable bonds is 4. The molecule has 0 N–H and O–H groups in total. The molecule has 1 atom stereocenters. The van der Waals surface area contributed by atoms with Gasteiger partial charge >= 0.3 is 0 Å². The topological polar surface area (TPSA) is 41.2 Å². The Morgan fingerprint density at radius 3 is 2.86 bits per heavy atom. The first-order chi connectivity index (χ1) is 10.6. The second-order valence-corrected chi connectivity index (χ2v) is 6.06. The van der Waals surface area contributed by atoms with Crippen LogP contribution in [0.5, 0.6) is 5.75 Å². The zero-order valence-corrected chi connectivity index (χ0v) is 13.3. The van der Waals surface area contributed by atoms with Gasteiger partial charge in [-0.2, -0.15) is 5.26 Å². The molecule has 2 aromatic rings. The van der Waals surface area contributed by atoms with Gasteiger partial charge in [0.2, 0.25) is 0 Å². The molecule has 0 fully saturated rings. The fourth-order valence-corrected chi connectivity index (χ4v) is 3.09. The van der Waals surface area contributed by atoms with E-state index in [0.29, 0.717) is 5.69 Å². The molecule has 3 rings (SSSR count). The van der Waals surface area contributed by atoms with Gasteiger partial charge < -0.3 is 9.30 Å². The zero-order chi connectivity index (χ0) is 15.7. The summed E-state index contributed by atoms with van der Waals surface area (Å²) in [4.78, 5) is 2.26. The van der Waals surface area contributed by atoms with Crippen molar-refractivity contribution in [3.63, 3.8) is 0 Å². The van der Waals surface area contributed by atoms with Crippen LogP contribution >= 0.6 is 0 Å². The summed E-state index contributed by atoms with van der Waals surface area (Å²) in [5.74, 6) is 1.02. The van der Waals surface area contributed by atoms with E-state index in [-0.39, 0.29) is 6.10 Å². The molecule has 0 aliphatic carbocycles. The smallest absolute Gasteiger partial charge is 0.123 e. The molecule has 0 saturated heterocycles. The van der Waals surface area contributed by atoms with Crippen LogP contribution in [0.2, 0.25) is 0 Å². The molecule has 0 amide bonds.